The third-order valence-electron chi connectivity index (χ3n) is 2.57. The third-order valence-corrected chi connectivity index (χ3v) is 4.25. The summed E-state index contributed by atoms with van der Waals surface area (Å²) in [6.45, 7) is 9.06. The fourth-order valence-electron chi connectivity index (χ4n) is 1.36. The zero-order chi connectivity index (χ0) is 13.8. The Hall–Kier alpha value is -0.880. The third kappa shape index (κ3) is 5.64. The van der Waals surface area contributed by atoms with Gasteiger partial charge in [0.2, 0.25) is 0 Å². The van der Waals surface area contributed by atoms with Gasteiger partial charge in [-0.25, -0.2) is 8.42 Å². The molecule has 0 amide bonds. The van der Waals surface area contributed by atoms with Gasteiger partial charge in [-0.15, -0.1) is 0 Å². The van der Waals surface area contributed by atoms with Crippen LogP contribution in [0, 0.1) is 0 Å². The van der Waals surface area contributed by atoms with Crippen LogP contribution in [0.25, 0.3) is 0 Å². The molecule has 0 aliphatic heterocycles. The lowest BCUT2D eigenvalue weighted by molar-refractivity contribution is 0.419. The summed E-state index contributed by atoms with van der Waals surface area (Å²) in [5.74, 6) is 0.337. The molecule has 1 rings (SSSR count). The second-order valence-corrected chi connectivity index (χ2v) is 7.88. The van der Waals surface area contributed by atoms with E-state index in [1.807, 2.05) is 12.3 Å². The Labute approximate surface area is 109 Å². The first-order valence-corrected chi connectivity index (χ1v) is 8.02. The fourth-order valence-corrected chi connectivity index (χ4v) is 2.11. The van der Waals surface area contributed by atoms with E-state index in [4.69, 9.17) is 0 Å². The molecule has 0 aromatic carbocycles. The van der Waals surface area contributed by atoms with Crippen LogP contribution in [0.4, 0.5) is 0 Å². The van der Waals surface area contributed by atoms with Crippen LogP contribution in [0.5, 0.6) is 0 Å². The molecule has 6 heteroatoms. The molecule has 0 aliphatic rings. The highest BCUT2D eigenvalue weighted by Gasteiger charge is 2.11. The van der Waals surface area contributed by atoms with Gasteiger partial charge in [0.15, 0.2) is 9.84 Å². The maximum absolute atomic E-state index is 11.4. The summed E-state index contributed by atoms with van der Waals surface area (Å²) in [4.78, 5) is 0. The van der Waals surface area contributed by atoms with Gasteiger partial charge in [0.25, 0.3) is 0 Å². The van der Waals surface area contributed by atoms with Gasteiger partial charge in [0.05, 0.1) is 18.0 Å². The van der Waals surface area contributed by atoms with Crippen molar-refractivity contribution in [2.24, 2.45) is 0 Å². The predicted octanol–water partition coefficient (Wildman–Crippen LogP) is 1.21. The zero-order valence-corrected chi connectivity index (χ0v) is 12.4. The molecule has 18 heavy (non-hydrogen) atoms. The van der Waals surface area contributed by atoms with E-state index in [-0.39, 0.29) is 17.0 Å². The van der Waals surface area contributed by atoms with Gasteiger partial charge in [-0.3, -0.25) is 4.68 Å². The Morgan fingerprint density at radius 1 is 1.39 bits per heavy atom. The van der Waals surface area contributed by atoms with E-state index in [2.05, 4.69) is 31.2 Å². The van der Waals surface area contributed by atoms with E-state index in [0.717, 1.165) is 5.69 Å². The summed E-state index contributed by atoms with van der Waals surface area (Å²) < 4.78 is 24.5. The molecule has 0 aliphatic carbocycles. The Bertz CT molecular complexity index is 472. The zero-order valence-electron chi connectivity index (χ0n) is 11.6. The van der Waals surface area contributed by atoms with E-state index >= 15 is 0 Å². The first-order valence-electron chi connectivity index (χ1n) is 6.19. The van der Waals surface area contributed by atoms with Gasteiger partial charge < -0.3 is 5.32 Å². The van der Waals surface area contributed by atoms with Crippen LogP contribution >= 0.6 is 0 Å². The predicted molar refractivity (Wildman–Crippen MR) is 73.1 cm³/mol. The number of hydrogen-bond acceptors (Lipinski definition) is 4. The average Bonchev–Trinajstić information content (AvgIpc) is 2.71. The van der Waals surface area contributed by atoms with Crippen LogP contribution in [0.1, 0.15) is 33.4 Å². The number of nitrogens with zero attached hydrogens (tertiary/aromatic N) is 2. The van der Waals surface area contributed by atoms with Crippen LogP contribution in [-0.2, 0) is 22.9 Å². The first-order chi connectivity index (χ1) is 8.22. The molecule has 0 bridgehead atoms. The molecule has 1 heterocycles. The molecule has 1 aromatic heterocycles. The van der Waals surface area contributed by atoms with Gasteiger partial charge in [-0.1, -0.05) is 6.92 Å². The number of hydrogen-bond donors (Lipinski definition) is 1. The van der Waals surface area contributed by atoms with E-state index in [1.54, 1.807) is 11.6 Å². The number of nitrogens with one attached hydrogen (secondary N) is 1. The summed E-state index contributed by atoms with van der Waals surface area (Å²) in [6, 6.07) is 1.91. The maximum Gasteiger partial charge on any atom is 0.151 e. The summed E-state index contributed by atoms with van der Waals surface area (Å²) in [7, 11) is -2.92. The van der Waals surface area contributed by atoms with Gasteiger partial charge in [0, 0.05) is 24.0 Å². The topological polar surface area (TPSA) is 64.0 Å². The average molecular weight is 273 g/mol. The van der Waals surface area contributed by atoms with Gasteiger partial charge in [-0.05, 0) is 26.8 Å². The van der Waals surface area contributed by atoms with Gasteiger partial charge in [0.1, 0.15) is 0 Å². The van der Waals surface area contributed by atoms with Crippen molar-refractivity contribution in [3.8, 4) is 0 Å². The highest BCUT2D eigenvalue weighted by atomic mass is 32.2. The molecule has 0 saturated carbocycles. The van der Waals surface area contributed by atoms with Crippen molar-refractivity contribution in [3.05, 3.63) is 18.0 Å². The minimum Gasteiger partial charge on any atom is -0.306 e. The quantitative estimate of drug-likeness (QED) is 0.846. The van der Waals surface area contributed by atoms with Crippen molar-refractivity contribution in [1.82, 2.24) is 15.1 Å². The molecular weight excluding hydrogens is 250 g/mol. The van der Waals surface area contributed by atoms with Gasteiger partial charge >= 0.3 is 0 Å². The van der Waals surface area contributed by atoms with Crippen molar-refractivity contribution in [3.63, 3.8) is 0 Å². The first kappa shape index (κ1) is 15.2. The van der Waals surface area contributed by atoms with Crippen LogP contribution in [-0.4, -0.2) is 35.2 Å². The van der Waals surface area contributed by atoms with E-state index in [1.165, 1.54) is 0 Å². The molecule has 0 spiro atoms. The largest absolute Gasteiger partial charge is 0.306 e. The molecule has 1 aromatic rings. The lowest BCUT2D eigenvalue weighted by atomic mass is 10.1. The Balaban J connectivity index is 2.49. The van der Waals surface area contributed by atoms with Crippen molar-refractivity contribution in [1.29, 1.82) is 0 Å². The lowest BCUT2D eigenvalue weighted by Crippen LogP contribution is -2.35. The van der Waals surface area contributed by atoms with Crippen LogP contribution < -0.4 is 5.32 Å². The number of sulfone groups is 1. The minimum atomic E-state index is -2.92. The van der Waals surface area contributed by atoms with E-state index in [0.29, 0.717) is 13.1 Å². The van der Waals surface area contributed by atoms with Gasteiger partial charge in [-0.2, -0.15) is 5.10 Å². The molecule has 104 valence electrons. The number of aromatic nitrogens is 2. The molecule has 0 radical (unpaired) electrons. The van der Waals surface area contributed by atoms with Crippen LogP contribution in [0.3, 0.4) is 0 Å². The van der Waals surface area contributed by atoms with E-state index in [9.17, 15) is 8.42 Å². The molecule has 0 saturated heterocycles. The molecule has 0 unspecified atom stereocenters. The summed E-state index contributed by atoms with van der Waals surface area (Å²) >= 11 is 0. The second kappa shape index (κ2) is 5.84. The van der Waals surface area contributed by atoms with Crippen molar-refractivity contribution >= 4 is 9.84 Å². The van der Waals surface area contributed by atoms with Crippen LogP contribution in [0.15, 0.2) is 12.3 Å². The van der Waals surface area contributed by atoms with Crippen molar-refractivity contribution < 1.29 is 8.42 Å². The van der Waals surface area contributed by atoms with Crippen LogP contribution in [0.2, 0.25) is 0 Å². The monoisotopic (exact) mass is 273 g/mol. The maximum atomic E-state index is 11.4. The second-order valence-electron chi connectivity index (χ2n) is 5.41. The Morgan fingerprint density at radius 3 is 2.61 bits per heavy atom. The minimum absolute atomic E-state index is 0.0509. The summed E-state index contributed by atoms with van der Waals surface area (Å²) in [5, 5.41) is 7.68. The number of rotatable bonds is 6. The van der Waals surface area contributed by atoms with Crippen molar-refractivity contribution in [2.45, 2.75) is 46.3 Å². The normalized spacial score (nSPS) is 12.9. The van der Waals surface area contributed by atoms with Crippen molar-refractivity contribution in [2.75, 3.05) is 11.5 Å². The smallest absolute Gasteiger partial charge is 0.151 e. The lowest BCUT2D eigenvalue weighted by Gasteiger charge is -2.19. The SMILES string of the molecule is CCS(=O)(=O)CCn1ccc(CNC(C)(C)C)n1. The molecular formula is C12H23N3O2S. The molecule has 0 atom stereocenters. The fraction of sp³-hybridized carbons (Fsp3) is 0.750. The highest BCUT2D eigenvalue weighted by molar-refractivity contribution is 7.91. The number of aryl methyl sites for hydroxylation is 1. The standard InChI is InChI=1S/C12H23N3O2S/c1-5-18(16,17)9-8-15-7-6-11(14-15)10-13-12(2,3)4/h6-7,13H,5,8-10H2,1-4H3. The highest BCUT2D eigenvalue weighted by Crippen LogP contribution is 2.03. The van der Waals surface area contributed by atoms with E-state index < -0.39 is 9.84 Å². The Kier molecular flexibility index (Phi) is 4.92. The molecule has 5 nitrogen and oxygen atoms in total. The molecule has 1 N–H and O–H groups in total. The summed E-state index contributed by atoms with van der Waals surface area (Å²) in [5.41, 5.74) is 0.980. The molecule has 0 fully saturated rings. The summed E-state index contributed by atoms with van der Waals surface area (Å²) in [6.07, 6.45) is 1.82. The Morgan fingerprint density at radius 2 is 2.06 bits per heavy atom.